The third kappa shape index (κ3) is 5.28. The van der Waals surface area contributed by atoms with Gasteiger partial charge in [0.1, 0.15) is 17.9 Å². The maximum absolute atomic E-state index is 12.3. The molecule has 0 spiro atoms. The molecule has 2 aromatic carbocycles. The van der Waals surface area contributed by atoms with Crippen molar-refractivity contribution in [3.63, 3.8) is 0 Å². The SMILES string of the molecule is O=C(COC(=O)c1ccccc1OCc1ccccc1)NC(=O)c1cccs1. The fourth-order valence-corrected chi connectivity index (χ4v) is 2.96. The zero-order valence-electron chi connectivity index (χ0n) is 14.8. The zero-order chi connectivity index (χ0) is 19.8. The Bertz CT molecular complexity index is 954. The lowest BCUT2D eigenvalue weighted by atomic mass is 10.2. The number of para-hydroxylation sites is 1. The van der Waals surface area contributed by atoms with Crippen molar-refractivity contribution < 1.29 is 23.9 Å². The van der Waals surface area contributed by atoms with E-state index >= 15 is 0 Å². The molecule has 0 atom stereocenters. The van der Waals surface area contributed by atoms with Crippen molar-refractivity contribution in [1.29, 1.82) is 0 Å². The first-order valence-corrected chi connectivity index (χ1v) is 9.32. The van der Waals surface area contributed by atoms with Gasteiger partial charge in [0.05, 0.1) is 4.88 Å². The van der Waals surface area contributed by atoms with Gasteiger partial charge in [0.15, 0.2) is 6.61 Å². The molecular weight excluding hydrogens is 378 g/mol. The monoisotopic (exact) mass is 395 g/mol. The van der Waals surface area contributed by atoms with E-state index in [-0.39, 0.29) is 5.56 Å². The number of rotatable bonds is 7. The van der Waals surface area contributed by atoms with Gasteiger partial charge in [-0.05, 0) is 29.1 Å². The molecule has 142 valence electrons. The smallest absolute Gasteiger partial charge is 0.342 e. The lowest BCUT2D eigenvalue weighted by molar-refractivity contribution is -0.123. The molecule has 0 aliphatic rings. The first-order valence-electron chi connectivity index (χ1n) is 8.44. The van der Waals surface area contributed by atoms with Crippen LogP contribution in [0.2, 0.25) is 0 Å². The third-order valence-electron chi connectivity index (χ3n) is 3.68. The van der Waals surface area contributed by atoms with E-state index in [0.717, 1.165) is 5.56 Å². The lowest BCUT2D eigenvalue weighted by Gasteiger charge is -2.11. The summed E-state index contributed by atoms with van der Waals surface area (Å²) in [6.07, 6.45) is 0. The second kappa shape index (κ2) is 9.48. The summed E-state index contributed by atoms with van der Waals surface area (Å²) in [6, 6.07) is 19.4. The molecule has 1 N–H and O–H groups in total. The van der Waals surface area contributed by atoms with Crippen LogP contribution in [-0.2, 0) is 16.1 Å². The molecule has 1 heterocycles. The first-order chi connectivity index (χ1) is 13.6. The molecule has 0 aliphatic carbocycles. The quantitative estimate of drug-likeness (QED) is 0.620. The highest BCUT2D eigenvalue weighted by Gasteiger charge is 2.17. The zero-order valence-corrected chi connectivity index (χ0v) is 15.6. The van der Waals surface area contributed by atoms with Crippen molar-refractivity contribution in [2.75, 3.05) is 6.61 Å². The van der Waals surface area contributed by atoms with Crippen LogP contribution in [0.5, 0.6) is 5.75 Å². The van der Waals surface area contributed by atoms with Gasteiger partial charge in [-0.3, -0.25) is 14.9 Å². The van der Waals surface area contributed by atoms with Crippen LogP contribution in [0.1, 0.15) is 25.6 Å². The Morgan fingerprint density at radius 2 is 1.64 bits per heavy atom. The van der Waals surface area contributed by atoms with Gasteiger partial charge >= 0.3 is 5.97 Å². The largest absolute Gasteiger partial charge is 0.488 e. The normalized spacial score (nSPS) is 10.1. The number of ether oxygens (including phenoxy) is 2. The van der Waals surface area contributed by atoms with E-state index in [1.54, 1.807) is 41.8 Å². The number of hydrogen-bond acceptors (Lipinski definition) is 6. The Labute approximate surface area is 165 Å². The molecule has 0 saturated carbocycles. The van der Waals surface area contributed by atoms with Crippen LogP contribution >= 0.6 is 11.3 Å². The number of hydrogen-bond donors (Lipinski definition) is 1. The number of carbonyl (C=O) groups excluding carboxylic acids is 3. The minimum atomic E-state index is -0.706. The first kappa shape index (κ1) is 19.3. The number of esters is 1. The van der Waals surface area contributed by atoms with E-state index in [9.17, 15) is 14.4 Å². The van der Waals surface area contributed by atoms with Crippen molar-refractivity contribution >= 4 is 29.1 Å². The molecule has 0 aliphatic heterocycles. The summed E-state index contributed by atoms with van der Waals surface area (Å²) in [6.45, 7) is -0.274. The van der Waals surface area contributed by atoms with Gasteiger partial charge < -0.3 is 9.47 Å². The van der Waals surface area contributed by atoms with Crippen molar-refractivity contribution in [1.82, 2.24) is 5.32 Å². The van der Waals surface area contributed by atoms with E-state index in [1.807, 2.05) is 30.3 Å². The highest BCUT2D eigenvalue weighted by Crippen LogP contribution is 2.20. The second-order valence-electron chi connectivity index (χ2n) is 5.70. The Balaban J connectivity index is 1.55. The predicted octanol–water partition coefficient (Wildman–Crippen LogP) is 3.44. The Morgan fingerprint density at radius 3 is 2.39 bits per heavy atom. The molecule has 3 aromatic rings. The van der Waals surface area contributed by atoms with Crippen LogP contribution in [0, 0.1) is 0 Å². The van der Waals surface area contributed by atoms with E-state index in [2.05, 4.69) is 5.32 Å². The van der Waals surface area contributed by atoms with E-state index in [4.69, 9.17) is 9.47 Å². The molecule has 7 heteroatoms. The molecular formula is C21H17NO5S. The summed E-state index contributed by atoms with van der Waals surface area (Å²) in [5.74, 6) is -1.58. The highest BCUT2D eigenvalue weighted by atomic mass is 32.1. The standard InChI is InChI=1S/C21H17NO5S/c23-19(22-20(24)18-11-6-12-28-18)14-27-21(25)16-9-4-5-10-17(16)26-13-15-7-2-1-3-8-15/h1-12H,13-14H2,(H,22,23,24). The van der Waals surface area contributed by atoms with Crippen LogP contribution in [-0.4, -0.2) is 24.4 Å². The van der Waals surface area contributed by atoms with Gasteiger partial charge in [0.2, 0.25) is 0 Å². The van der Waals surface area contributed by atoms with Gasteiger partial charge in [-0.25, -0.2) is 4.79 Å². The van der Waals surface area contributed by atoms with Gasteiger partial charge in [-0.15, -0.1) is 11.3 Å². The fraction of sp³-hybridized carbons (Fsp3) is 0.0952. The predicted molar refractivity (Wildman–Crippen MR) is 104 cm³/mol. The summed E-state index contributed by atoms with van der Waals surface area (Å²) in [5.41, 5.74) is 1.16. The van der Waals surface area contributed by atoms with Crippen LogP contribution in [0.25, 0.3) is 0 Å². The molecule has 0 unspecified atom stereocenters. The minimum Gasteiger partial charge on any atom is -0.488 e. The molecule has 6 nitrogen and oxygen atoms in total. The van der Waals surface area contributed by atoms with E-state index in [0.29, 0.717) is 17.2 Å². The summed E-state index contributed by atoms with van der Waals surface area (Å²) in [5, 5.41) is 3.90. The van der Waals surface area contributed by atoms with Crippen LogP contribution in [0.4, 0.5) is 0 Å². The number of benzene rings is 2. The molecule has 0 fully saturated rings. The van der Waals surface area contributed by atoms with E-state index in [1.165, 1.54) is 11.3 Å². The molecule has 0 bridgehead atoms. The Kier molecular flexibility index (Phi) is 6.54. The number of carbonyl (C=O) groups is 3. The third-order valence-corrected chi connectivity index (χ3v) is 4.55. The van der Waals surface area contributed by atoms with Crippen LogP contribution < -0.4 is 10.1 Å². The van der Waals surface area contributed by atoms with E-state index < -0.39 is 24.4 Å². The highest BCUT2D eigenvalue weighted by molar-refractivity contribution is 7.12. The van der Waals surface area contributed by atoms with Gasteiger partial charge in [-0.2, -0.15) is 0 Å². The van der Waals surface area contributed by atoms with Crippen molar-refractivity contribution in [3.05, 3.63) is 88.1 Å². The molecule has 3 rings (SSSR count). The molecule has 28 heavy (non-hydrogen) atoms. The van der Waals surface area contributed by atoms with Gasteiger partial charge in [0, 0.05) is 0 Å². The average Bonchev–Trinajstić information content (AvgIpc) is 3.26. The maximum Gasteiger partial charge on any atom is 0.342 e. The lowest BCUT2D eigenvalue weighted by Crippen LogP contribution is -2.33. The number of amides is 2. The number of thiophene rings is 1. The topological polar surface area (TPSA) is 81.7 Å². The van der Waals surface area contributed by atoms with Crippen molar-refractivity contribution in [2.45, 2.75) is 6.61 Å². The molecule has 0 saturated heterocycles. The molecule has 2 amide bonds. The van der Waals surface area contributed by atoms with Gasteiger partial charge in [0.25, 0.3) is 11.8 Å². The summed E-state index contributed by atoms with van der Waals surface area (Å²) >= 11 is 1.21. The number of imide groups is 1. The fourth-order valence-electron chi connectivity index (χ4n) is 2.34. The summed E-state index contributed by atoms with van der Waals surface area (Å²) in [4.78, 5) is 36.4. The maximum atomic E-state index is 12.3. The summed E-state index contributed by atoms with van der Waals surface area (Å²) in [7, 11) is 0. The molecule has 1 aromatic heterocycles. The second-order valence-corrected chi connectivity index (χ2v) is 6.65. The Hall–Kier alpha value is -3.45. The minimum absolute atomic E-state index is 0.204. The Morgan fingerprint density at radius 1 is 0.893 bits per heavy atom. The average molecular weight is 395 g/mol. The number of nitrogens with one attached hydrogen (secondary N) is 1. The van der Waals surface area contributed by atoms with Crippen LogP contribution in [0.15, 0.2) is 72.1 Å². The summed E-state index contributed by atoms with van der Waals surface area (Å²) < 4.78 is 10.7. The molecule has 0 radical (unpaired) electrons. The van der Waals surface area contributed by atoms with Gasteiger partial charge in [-0.1, -0.05) is 48.5 Å². The van der Waals surface area contributed by atoms with Crippen molar-refractivity contribution in [3.8, 4) is 5.75 Å². The van der Waals surface area contributed by atoms with Crippen LogP contribution in [0.3, 0.4) is 0 Å². The van der Waals surface area contributed by atoms with Crippen molar-refractivity contribution in [2.24, 2.45) is 0 Å².